The molecule has 0 amide bonds. The normalized spacial score (nSPS) is 18.6. The van der Waals surface area contributed by atoms with Crippen LogP contribution in [0.2, 0.25) is 0 Å². The van der Waals surface area contributed by atoms with Crippen LogP contribution in [0.5, 0.6) is 0 Å². The molecule has 3 heterocycles. The summed E-state index contributed by atoms with van der Waals surface area (Å²) in [6, 6.07) is 1.94. The van der Waals surface area contributed by atoms with Gasteiger partial charge >= 0.3 is 0 Å². The molecule has 1 fully saturated rings. The predicted octanol–water partition coefficient (Wildman–Crippen LogP) is 1.63. The molecule has 6 nitrogen and oxygen atoms in total. The van der Waals surface area contributed by atoms with Crippen LogP contribution in [0, 0.1) is 6.92 Å². The Morgan fingerprint density at radius 2 is 2.00 bits per heavy atom. The van der Waals surface area contributed by atoms with Gasteiger partial charge in [0, 0.05) is 63.0 Å². The number of likely N-dealkylation sites (tertiary alicyclic amines) is 1. The molecular weight excluding hydrogens is 276 g/mol. The van der Waals surface area contributed by atoms with Gasteiger partial charge in [-0.3, -0.25) is 4.90 Å². The van der Waals surface area contributed by atoms with Crippen molar-refractivity contribution in [3.63, 3.8) is 0 Å². The number of nitrogens with zero attached hydrogens (tertiary/aromatic N) is 6. The van der Waals surface area contributed by atoms with Gasteiger partial charge in [0.25, 0.3) is 0 Å². The third-order valence-electron chi connectivity index (χ3n) is 3.95. The van der Waals surface area contributed by atoms with Crippen molar-refractivity contribution >= 4 is 5.95 Å². The van der Waals surface area contributed by atoms with E-state index >= 15 is 0 Å². The average molecular weight is 298 g/mol. The lowest BCUT2D eigenvalue weighted by Crippen LogP contribution is -2.21. The second-order valence-electron chi connectivity index (χ2n) is 6.06. The number of hydrogen-bond donors (Lipinski definition) is 0. The minimum atomic E-state index is 0.432. The summed E-state index contributed by atoms with van der Waals surface area (Å²) in [7, 11) is 3.89. The Morgan fingerprint density at radius 1 is 1.23 bits per heavy atom. The number of hydrogen-bond acceptors (Lipinski definition) is 6. The molecule has 2 aromatic heterocycles. The van der Waals surface area contributed by atoms with Crippen LogP contribution in [0.4, 0.5) is 5.95 Å². The van der Waals surface area contributed by atoms with Crippen LogP contribution in [0.25, 0.3) is 0 Å². The first-order chi connectivity index (χ1) is 10.6. The number of anilines is 1. The van der Waals surface area contributed by atoms with Crippen molar-refractivity contribution in [2.24, 2.45) is 0 Å². The summed E-state index contributed by atoms with van der Waals surface area (Å²) in [4.78, 5) is 22.1. The lowest BCUT2D eigenvalue weighted by atomic mass is 10.1. The molecule has 0 N–H and O–H groups in total. The number of aryl methyl sites for hydroxylation is 1. The molecule has 2 aromatic rings. The Labute approximate surface area is 131 Å². The fraction of sp³-hybridized carbons (Fsp3) is 0.500. The van der Waals surface area contributed by atoms with E-state index in [1.54, 1.807) is 0 Å². The Kier molecular flexibility index (Phi) is 4.29. The minimum Gasteiger partial charge on any atom is -0.347 e. The standard InChI is InChI=1S/C16H22N6/c1-12-4-6-17-15(20-12)14-5-7-22(11-14)10-13-8-18-16(19-9-13)21(2)3/h4,6,8-9,14H,5,7,10-11H2,1-3H3/t14-/m0/s1. The van der Waals surface area contributed by atoms with E-state index in [0.717, 1.165) is 49.1 Å². The number of aromatic nitrogens is 4. The van der Waals surface area contributed by atoms with Gasteiger partial charge in [-0.15, -0.1) is 0 Å². The van der Waals surface area contributed by atoms with Crippen LogP contribution in [0.3, 0.4) is 0 Å². The highest BCUT2D eigenvalue weighted by atomic mass is 15.2. The summed E-state index contributed by atoms with van der Waals surface area (Å²) in [6.45, 7) is 4.97. The lowest BCUT2D eigenvalue weighted by molar-refractivity contribution is 0.325. The SMILES string of the molecule is Cc1ccnc([C@H]2CCN(Cc3cnc(N(C)C)nc3)C2)n1. The molecule has 0 radical (unpaired) electrons. The summed E-state index contributed by atoms with van der Waals surface area (Å²) in [5.74, 6) is 2.15. The van der Waals surface area contributed by atoms with Gasteiger partial charge in [-0.2, -0.15) is 0 Å². The van der Waals surface area contributed by atoms with Gasteiger partial charge in [0.1, 0.15) is 5.82 Å². The largest absolute Gasteiger partial charge is 0.347 e. The van der Waals surface area contributed by atoms with Gasteiger partial charge in [0.15, 0.2) is 0 Å². The third kappa shape index (κ3) is 3.39. The van der Waals surface area contributed by atoms with Crippen LogP contribution in [0.15, 0.2) is 24.7 Å². The first-order valence-corrected chi connectivity index (χ1v) is 7.62. The van der Waals surface area contributed by atoms with E-state index in [2.05, 4.69) is 24.8 Å². The Bertz CT molecular complexity index is 625. The molecule has 3 rings (SSSR count). The van der Waals surface area contributed by atoms with Gasteiger partial charge in [-0.05, 0) is 26.0 Å². The van der Waals surface area contributed by atoms with Crippen LogP contribution in [-0.2, 0) is 6.54 Å². The average Bonchev–Trinajstić information content (AvgIpc) is 2.96. The molecule has 0 aliphatic carbocycles. The summed E-state index contributed by atoms with van der Waals surface area (Å²) in [5.41, 5.74) is 2.19. The summed E-state index contributed by atoms with van der Waals surface area (Å²) in [5, 5.41) is 0. The Morgan fingerprint density at radius 3 is 2.68 bits per heavy atom. The fourth-order valence-electron chi connectivity index (χ4n) is 2.77. The second kappa shape index (κ2) is 6.36. The highest BCUT2D eigenvalue weighted by molar-refractivity contribution is 5.26. The maximum Gasteiger partial charge on any atom is 0.224 e. The highest BCUT2D eigenvalue weighted by Crippen LogP contribution is 2.25. The Balaban J connectivity index is 1.61. The molecule has 1 aliphatic rings. The van der Waals surface area contributed by atoms with E-state index < -0.39 is 0 Å². The van der Waals surface area contributed by atoms with E-state index in [1.807, 2.05) is 50.6 Å². The van der Waals surface area contributed by atoms with Crippen molar-refractivity contribution < 1.29 is 0 Å². The predicted molar refractivity (Wildman–Crippen MR) is 85.8 cm³/mol. The van der Waals surface area contributed by atoms with Crippen molar-refractivity contribution in [3.05, 3.63) is 41.7 Å². The fourth-order valence-corrected chi connectivity index (χ4v) is 2.77. The van der Waals surface area contributed by atoms with Gasteiger partial charge in [0.2, 0.25) is 5.95 Å². The second-order valence-corrected chi connectivity index (χ2v) is 6.06. The molecule has 0 unspecified atom stereocenters. The van der Waals surface area contributed by atoms with E-state index in [-0.39, 0.29) is 0 Å². The first kappa shape index (κ1) is 14.8. The zero-order valence-corrected chi connectivity index (χ0v) is 13.4. The van der Waals surface area contributed by atoms with Gasteiger partial charge in [0.05, 0.1) is 0 Å². The maximum atomic E-state index is 4.56. The zero-order valence-electron chi connectivity index (χ0n) is 13.4. The zero-order chi connectivity index (χ0) is 15.5. The van der Waals surface area contributed by atoms with Crippen molar-refractivity contribution in [2.45, 2.75) is 25.8 Å². The van der Waals surface area contributed by atoms with E-state index in [9.17, 15) is 0 Å². The smallest absolute Gasteiger partial charge is 0.224 e. The number of rotatable bonds is 4. The lowest BCUT2D eigenvalue weighted by Gasteiger charge is -2.16. The van der Waals surface area contributed by atoms with Crippen molar-refractivity contribution in [2.75, 3.05) is 32.1 Å². The van der Waals surface area contributed by atoms with Crippen LogP contribution in [-0.4, -0.2) is 52.0 Å². The van der Waals surface area contributed by atoms with Crippen molar-refractivity contribution in [1.82, 2.24) is 24.8 Å². The van der Waals surface area contributed by atoms with Crippen molar-refractivity contribution in [1.29, 1.82) is 0 Å². The monoisotopic (exact) mass is 298 g/mol. The van der Waals surface area contributed by atoms with E-state index in [4.69, 9.17) is 0 Å². The minimum absolute atomic E-state index is 0.432. The van der Waals surface area contributed by atoms with Crippen LogP contribution >= 0.6 is 0 Å². The highest BCUT2D eigenvalue weighted by Gasteiger charge is 2.26. The topological polar surface area (TPSA) is 58.0 Å². The third-order valence-corrected chi connectivity index (χ3v) is 3.95. The van der Waals surface area contributed by atoms with E-state index in [1.165, 1.54) is 0 Å². The van der Waals surface area contributed by atoms with Gasteiger partial charge in [-0.25, -0.2) is 19.9 Å². The van der Waals surface area contributed by atoms with Gasteiger partial charge < -0.3 is 4.90 Å². The summed E-state index contributed by atoms with van der Waals surface area (Å²) < 4.78 is 0. The maximum absolute atomic E-state index is 4.56. The summed E-state index contributed by atoms with van der Waals surface area (Å²) in [6.07, 6.45) is 6.80. The van der Waals surface area contributed by atoms with Gasteiger partial charge in [-0.1, -0.05) is 0 Å². The molecule has 1 aliphatic heterocycles. The summed E-state index contributed by atoms with van der Waals surface area (Å²) >= 11 is 0. The molecule has 116 valence electrons. The van der Waals surface area contributed by atoms with E-state index in [0.29, 0.717) is 5.92 Å². The molecule has 0 bridgehead atoms. The molecular formula is C16H22N6. The van der Waals surface area contributed by atoms with Crippen molar-refractivity contribution in [3.8, 4) is 0 Å². The molecule has 1 saturated heterocycles. The van der Waals surface area contributed by atoms with Crippen LogP contribution < -0.4 is 4.90 Å². The molecule has 1 atom stereocenters. The quantitative estimate of drug-likeness (QED) is 0.855. The molecule has 0 aromatic carbocycles. The first-order valence-electron chi connectivity index (χ1n) is 7.62. The molecule has 6 heteroatoms. The molecule has 22 heavy (non-hydrogen) atoms. The molecule has 0 saturated carbocycles. The Hall–Kier alpha value is -2.08. The molecule has 0 spiro atoms. The van der Waals surface area contributed by atoms with Crippen LogP contribution in [0.1, 0.15) is 29.4 Å².